The minimum atomic E-state index is -3.70. The highest BCUT2D eigenvalue weighted by Crippen LogP contribution is 2.35. The summed E-state index contributed by atoms with van der Waals surface area (Å²) in [5, 5.41) is 8.40. The highest BCUT2D eigenvalue weighted by Gasteiger charge is 2.44. The highest BCUT2D eigenvalue weighted by atomic mass is 19.3. The molecule has 0 fully saturated rings. The Morgan fingerprint density at radius 2 is 1.75 bits per heavy atom. The predicted octanol–water partition coefficient (Wildman–Crippen LogP) is 3.07. The lowest BCUT2D eigenvalue weighted by Crippen LogP contribution is -2.36. The third-order valence-corrected chi connectivity index (χ3v) is 2.53. The van der Waals surface area contributed by atoms with Crippen molar-refractivity contribution in [2.75, 3.05) is 0 Å². The van der Waals surface area contributed by atoms with E-state index in [-0.39, 0.29) is 0 Å². The van der Waals surface area contributed by atoms with Crippen LogP contribution in [0.2, 0.25) is 0 Å². The summed E-state index contributed by atoms with van der Waals surface area (Å²) in [7, 11) is 0. The van der Waals surface area contributed by atoms with Crippen LogP contribution >= 0.6 is 0 Å². The SMILES string of the molecule is CC(C)(CC(F)(F)C(=O)O)c1ccccc1. The molecule has 0 aromatic heterocycles. The van der Waals surface area contributed by atoms with Crippen LogP contribution in [0.1, 0.15) is 25.8 Å². The smallest absolute Gasteiger partial charge is 0.374 e. The largest absolute Gasteiger partial charge is 0.477 e. The summed E-state index contributed by atoms with van der Waals surface area (Å²) in [4.78, 5) is 10.4. The first-order valence-corrected chi connectivity index (χ1v) is 4.92. The van der Waals surface area contributed by atoms with E-state index in [0.29, 0.717) is 5.56 Å². The normalized spacial score (nSPS) is 12.5. The van der Waals surface area contributed by atoms with Gasteiger partial charge in [0.25, 0.3) is 0 Å². The number of carboxylic acid groups (broad SMARTS) is 1. The first-order valence-electron chi connectivity index (χ1n) is 4.92. The molecular formula is C12H14F2O2. The molecule has 0 radical (unpaired) electrons. The third kappa shape index (κ3) is 2.78. The number of carbonyl (C=O) groups is 1. The molecule has 0 atom stereocenters. The molecule has 0 amide bonds. The van der Waals surface area contributed by atoms with Crippen LogP contribution in [0.25, 0.3) is 0 Å². The van der Waals surface area contributed by atoms with Crippen LogP contribution in [-0.4, -0.2) is 17.0 Å². The van der Waals surface area contributed by atoms with Crippen molar-refractivity contribution < 1.29 is 18.7 Å². The van der Waals surface area contributed by atoms with Crippen molar-refractivity contribution in [1.29, 1.82) is 0 Å². The average molecular weight is 228 g/mol. The van der Waals surface area contributed by atoms with Crippen molar-refractivity contribution in [1.82, 2.24) is 0 Å². The van der Waals surface area contributed by atoms with E-state index in [4.69, 9.17) is 5.11 Å². The molecular weight excluding hydrogens is 214 g/mol. The Hall–Kier alpha value is -1.45. The lowest BCUT2D eigenvalue weighted by Gasteiger charge is -2.28. The van der Waals surface area contributed by atoms with E-state index in [1.807, 2.05) is 0 Å². The summed E-state index contributed by atoms with van der Waals surface area (Å²) in [6.07, 6.45) is -0.709. The number of hydrogen-bond acceptors (Lipinski definition) is 1. The molecule has 88 valence electrons. The van der Waals surface area contributed by atoms with Crippen LogP contribution in [0.5, 0.6) is 0 Å². The minimum absolute atomic E-state index is 0.705. The van der Waals surface area contributed by atoms with Gasteiger partial charge in [-0.2, -0.15) is 8.78 Å². The van der Waals surface area contributed by atoms with Crippen LogP contribution < -0.4 is 0 Å². The van der Waals surface area contributed by atoms with Crippen LogP contribution in [0.3, 0.4) is 0 Å². The van der Waals surface area contributed by atoms with E-state index in [2.05, 4.69) is 0 Å². The summed E-state index contributed by atoms with van der Waals surface area (Å²) in [5.41, 5.74) is -0.167. The van der Waals surface area contributed by atoms with Crippen LogP contribution in [0.4, 0.5) is 8.78 Å². The van der Waals surface area contributed by atoms with Gasteiger partial charge in [0.2, 0.25) is 0 Å². The first-order chi connectivity index (χ1) is 7.26. The van der Waals surface area contributed by atoms with Gasteiger partial charge in [0, 0.05) is 6.42 Å². The van der Waals surface area contributed by atoms with E-state index in [0.717, 1.165) is 0 Å². The van der Waals surface area contributed by atoms with Gasteiger partial charge >= 0.3 is 11.9 Å². The van der Waals surface area contributed by atoms with Crippen LogP contribution in [0, 0.1) is 0 Å². The number of carboxylic acids is 1. The van der Waals surface area contributed by atoms with Crippen molar-refractivity contribution in [2.24, 2.45) is 0 Å². The summed E-state index contributed by atoms with van der Waals surface area (Å²) >= 11 is 0. The fourth-order valence-corrected chi connectivity index (χ4v) is 1.62. The Kier molecular flexibility index (Phi) is 3.31. The number of benzene rings is 1. The second-order valence-corrected chi connectivity index (χ2v) is 4.44. The molecule has 1 N–H and O–H groups in total. The van der Waals surface area contributed by atoms with Crippen molar-refractivity contribution in [3.8, 4) is 0 Å². The number of hydrogen-bond donors (Lipinski definition) is 1. The second-order valence-electron chi connectivity index (χ2n) is 4.44. The summed E-state index contributed by atoms with van der Waals surface area (Å²) in [5.74, 6) is -5.77. The lowest BCUT2D eigenvalue weighted by atomic mass is 9.79. The average Bonchev–Trinajstić information content (AvgIpc) is 2.17. The van der Waals surface area contributed by atoms with Crippen LogP contribution in [-0.2, 0) is 10.2 Å². The van der Waals surface area contributed by atoms with Crippen molar-refractivity contribution >= 4 is 5.97 Å². The van der Waals surface area contributed by atoms with E-state index in [9.17, 15) is 13.6 Å². The second kappa shape index (κ2) is 4.20. The first kappa shape index (κ1) is 12.6. The molecule has 0 unspecified atom stereocenters. The van der Waals surface area contributed by atoms with Gasteiger partial charge in [-0.05, 0) is 11.0 Å². The maximum absolute atomic E-state index is 13.1. The molecule has 0 spiro atoms. The van der Waals surface area contributed by atoms with Crippen LogP contribution in [0.15, 0.2) is 30.3 Å². The number of aliphatic carboxylic acids is 1. The fraction of sp³-hybridized carbons (Fsp3) is 0.417. The molecule has 1 aromatic carbocycles. The molecule has 0 aliphatic rings. The predicted molar refractivity (Wildman–Crippen MR) is 56.7 cm³/mol. The molecule has 16 heavy (non-hydrogen) atoms. The monoisotopic (exact) mass is 228 g/mol. The van der Waals surface area contributed by atoms with Gasteiger partial charge in [-0.25, -0.2) is 4.79 Å². The van der Waals surface area contributed by atoms with Gasteiger partial charge < -0.3 is 5.11 Å². The molecule has 0 saturated carbocycles. The topological polar surface area (TPSA) is 37.3 Å². The Morgan fingerprint density at radius 1 is 1.25 bits per heavy atom. The number of alkyl halides is 2. The number of halogens is 2. The number of rotatable bonds is 4. The summed E-state index contributed by atoms with van der Waals surface area (Å²) in [6, 6.07) is 8.72. The molecule has 0 saturated heterocycles. The van der Waals surface area contributed by atoms with E-state index >= 15 is 0 Å². The van der Waals surface area contributed by atoms with Gasteiger partial charge in [-0.15, -0.1) is 0 Å². The molecule has 0 aliphatic heterocycles. The van der Waals surface area contributed by atoms with Crippen molar-refractivity contribution in [3.63, 3.8) is 0 Å². The zero-order valence-electron chi connectivity index (χ0n) is 9.21. The van der Waals surface area contributed by atoms with Gasteiger partial charge in [0.15, 0.2) is 0 Å². The van der Waals surface area contributed by atoms with E-state index in [1.165, 1.54) is 0 Å². The quantitative estimate of drug-likeness (QED) is 0.859. The maximum atomic E-state index is 13.1. The molecule has 1 rings (SSSR count). The maximum Gasteiger partial charge on any atom is 0.374 e. The minimum Gasteiger partial charge on any atom is -0.477 e. The molecule has 0 aliphatic carbocycles. The molecule has 2 nitrogen and oxygen atoms in total. The Balaban J connectivity index is 2.92. The lowest BCUT2D eigenvalue weighted by molar-refractivity contribution is -0.167. The Bertz CT molecular complexity index is 372. The Morgan fingerprint density at radius 3 is 2.19 bits per heavy atom. The summed E-state index contributed by atoms with van der Waals surface area (Å²) < 4.78 is 26.3. The zero-order chi connectivity index (χ0) is 12.4. The highest BCUT2D eigenvalue weighted by molar-refractivity contribution is 5.75. The van der Waals surface area contributed by atoms with Gasteiger partial charge in [-0.3, -0.25) is 0 Å². The van der Waals surface area contributed by atoms with E-state index < -0.39 is 23.7 Å². The van der Waals surface area contributed by atoms with Crippen molar-refractivity contribution in [3.05, 3.63) is 35.9 Å². The van der Waals surface area contributed by atoms with Crippen molar-refractivity contribution in [2.45, 2.75) is 31.6 Å². The Labute approximate surface area is 92.9 Å². The fourth-order valence-electron chi connectivity index (χ4n) is 1.62. The zero-order valence-corrected chi connectivity index (χ0v) is 9.21. The van der Waals surface area contributed by atoms with Gasteiger partial charge in [-0.1, -0.05) is 44.2 Å². The van der Waals surface area contributed by atoms with E-state index in [1.54, 1.807) is 44.2 Å². The van der Waals surface area contributed by atoms with Gasteiger partial charge in [0.1, 0.15) is 0 Å². The molecule has 4 heteroatoms. The molecule has 0 bridgehead atoms. The third-order valence-electron chi connectivity index (χ3n) is 2.53. The standard InChI is InChI=1S/C12H14F2O2/c1-11(2,8-12(13,14)10(15)16)9-6-4-3-5-7-9/h3-7H,8H2,1-2H3,(H,15,16). The molecule has 1 aromatic rings. The van der Waals surface area contributed by atoms with Gasteiger partial charge in [0.05, 0.1) is 0 Å². The summed E-state index contributed by atoms with van der Waals surface area (Å²) in [6.45, 7) is 3.22. The molecule has 0 heterocycles.